The zero-order chi connectivity index (χ0) is 32.0. The highest BCUT2D eigenvalue weighted by molar-refractivity contribution is 5.69. The molecule has 0 spiro atoms. The quantitative estimate of drug-likeness (QED) is 0.0482. The van der Waals surface area contributed by atoms with E-state index in [2.05, 4.69) is 92.8 Å². The molecule has 0 aromatic rings. The minimum Gasteiger partial charge on any atom is -0.457 e. The third-order valence-electron chi connectivity index (χ3n) is 6.97. The van der Waals surface area contributed by atoms with Gasteiger partial charge in [-0.1, -0.05) is 137 Å². The summed E-state index contributed by atoms with van der Waals surface area (Å²) in [7, 11) is 0. The Morgan fingerprint density at radius 2 is 1.02 bits per heavy atom. The number of allylic oxidation sites excluding steroid dienone is 14. The van der Waals surface area contributed by atoms with Crippen molar-refractivity contribution in [2.45, 2.75) is 142 Å². The maximum Gasteiger partial charge on any atom is 0.306 e. The molecule has 1 unspecified atom stereocenters. The molecule has 0 saturated heterocycles. The summed E-state index contributed by atoms with van der Waals surface area (Å²) in [6.07, 6.45) is 50.6. The number of carbonyl (C=O) groups excluding carboxylic acids is 1. The van der Waals surface area contributed by atoms with E-state index >= 15 is 0 Å². The lowest BCUT2D eigenvalue weighted by atomic mass is 10.1. The van der Waals surface area contributed by atoms with Crippen LogP contribution in [0.1, 0.15) is 136 Å². The number of ether oxygens (including phenoxy) is 2. The number of hydrogen-bond acceptors (Lipinski definition) is 4. The Hall–Kier alpha value is -2.43. The number of carbonyl (C=O) groups is 1. The molecule has 0 rings (SSSR count). The Morgan fingerprint density at radius 3 is 1.55 bits per heavy atom. The minimum atomic E-state index is -0.581. The second-order valence-electron chi connectivity index (χ2n) is 11.2. The maximum absolute atomic E-state index is 12.1. The molecule has 0 bridgehead atoms. The van der Waals surface area contributed by atoms with Crippen molar-refractivity contribution in [2.24, 2.45) is 0 Å². The number of aliphatic hydroxyl groups is 1. The Bertz CT molecular complexity index is 815. The first-order chi connectivity index (χ1) is 21.7. The van der Waals surface area contributed by atoms with Gasteiger partial charge in [0.05, 0.1) is 13.2 Å². The van der Waals surface area contributed by atoms with Crippen molar-refractivity contribution in [3.63, 3.8) is 0 Å². The molecular weight excluding hydrogens is 544 g/mol. The molecular formula is C40H66O4. The SMILES string of the molecule is CC/C=C\C/C=C\C/C=C\C/C=C\C/C=C\C/C=C\CCC(=O)OC(CO)COCCCCCCCC/C=C\CCCCC. The predicted molar refractivity (Wildman–Crippen MR) is 191 cm³/mol. The van der Waals surface area contributed by atoms with Gasteiger partial charge in [-0.05, 0) is 77.0 Å². The molecule has 0 aliphatic heterocycles. The van der Waals surface area contributed by atoms with E-state index in [9.17, 15) is 9.90 Å². The molecule has 1 atom stereocenters. The predicted octanol–water partition coefficient (Wildman–Crippen LogP) is 11.3. The maximum atomic E-state index is 12.1. The van der Waals surface area contributed by atoms with Gasteiger partial charge >= 0.3 is 5.97 Å². The summed E-state index contributed by atoms with van der Waals surface area (Å²) < 4.78 is 11.0. The van der Waals surface area contributed by atoms with Crippen molar-refractivity contribution >= 4 is 5.97 Å². The Morgan fingerprint density at radius 1 is 0.568 bits per heavy atom. The third-order valence-corrected chi connectivity index (χ3v) is 6.97. The second-order valence-corrected chi connectivity index (χ2v) is 11.2. The highest BCUT2D eigenvalue weighted by atomic mass is 16.6. The summed E-state index contributed by atoms with van der Waals surface area (Å²) in [5.74, 6) is -0.289. The van der Waals surface area contributed by atoms with E-state index < -0.39 is 6.10 Å². The first-order valence-electron chi connectivity index (χ1n) is 17.7. The van der Waals surface area contributed by atoms with E-state index in [1.54, 1.807) is 0 Å². The van der Waals surface area contributed by atoms with Crippen molar-refractivity contribution in [1.82, 2.24) is 0 Å². The highest BCUT2D eigenvalue weighted by Gasteiger charge is 2.13. The largest absolute Gasteiger partial charge is 0.457 e. The van der Waals surface area contributed by atoms with Gasteiger partial charge in [0.15, 0.2) is 0 Å². The molecule has 1 N–H and O–H groups in total. The lowest BCUT2D eigenvalue weighted by Gasteiger charge is -2.15. The fraction of sp³-hybridized carbons (Fsp3) is 0.625. The molecule has 0 saturated carbocycles. The third kappa shape index (κ3) is 34.1. The van der Waals surface area contributed by atoms with Crippen LogP contribution in [0.2, 0.25) is 0 Å². The Kier molecular flexibility index (Phi) is 34.7. The lowest BCUT2D eigenvalue weighted by Crippen LogP contribution is -2.27. The zero-order valence-corrected chi connectivity index (χ0v) is 28.4. The van der Waals surface area contributed by atoms with Crippen LogP contribution in [0.5, 0.6) is 0 Å². The van der Waals surface area contributed by atoms with Gasteiger partial charge in [0.2, 0.25) is 0 Å². The van der Waals surface area contributed by atoms with Gasteiger partial charge in [0.1, 0.15) is 6.10 Å². The molecule has 4 nitrogen and oxygen atoms in total. The van der Waals surface area contributed by atoms with Crippen molar-refractivity contribution in [3.8, 4) is 0 Å². The first-order valence-corrected chi connectivity index (χ1v) is 17.7. The van der Waals surface area contributed by atoms with Crippen LogP contribution in [0.3, 0.4) is 0 Å². The molecule has 0 aliphatic carbocycles. The monoisotopic (exact) mass is 610 g/mol. The Balaban J connectivity index is 3.66. The van der Waals surface area contributed by atoms with Crippen LogP contribution in [0.25, 0.3) is 0 Å². The summed E-state index contributed by atoms with van der Waals surface area (Å²) in [4.78, 5) is 12.1. The van der Waals surface area contributed by atoms with Gasteiger partial charge in [-0.25, -0.2) is 0 Å². The molecule has 0 fully saturated rings. The average Bonchev–Trinajstić information content (AvgIpc) is 3.03. The number of rotatable bonds is 31. The van der Waals surface area contributed by atoms with Gasteiger partial charge in [-0.2, -0.15) is 0 Å². The van der Waals surface area contributed by atoms with Crippen LogP contribution >= 0.6 is 0 Å². The fourth-order valence-corrected chi connectivity index (χ4v) is 4.35. The minimum absolute atomic E-state index is 0.210. The molecule has 250 valence electrons. The first kappa shape index (κ1) is 41.6. The number of esters is 1. The normalized spacial score (nSPS) is 13.4. The van der Waals surface area contributed by atoms with Crippen LogP contribution in [-0.2, 0) is 14.3 Å². The van der Waals surface area contributed by atoms with Gasteiger partial charge in [-0.15, -0.1) is 0 Å². The smallest absolute Gasteiger partial charge is 0.306 e. The van der Waals surface area contributed by atoms with E-state index in [-0.39, 0.29) is 19.2 Å². The Labute approximate surface area is 271 Å². The summed E-state index contributed by atoms with van der Waals surface area (Å²) in [5, 5.41) is 9.53. The number of hydrogen-bond donors (Lipinski definition) is 1. The highest BCUT2D eigenvalue weighted by Crippen LogP contribution is 2.09. The van der Waals surface area contributed by atoms with Crippen LogP contribution in [-0.4, -0.2) is 37.0 Å². The number of aliphatic hydroxyl groups excluding tert-OH is 1. The molecule has 0 aliphatic rings. The van der Waals surface area contributed by atoms with Crippen molar-refractivity contribution < 1.29 is 19.4 Å². The van der Waals surface area contributed by atoms with Crippen molar-refractivity contribution in [2.75, 3.05) is 19.8 Å². The van der Waals surface area contributed by atoms with E-state index in [1.165, 1.54) is 57.8 Å². The zero-order valence-electron chi connectivity index (χ0n) is 28.4. The summed E-state index contributed by atoms with van der Waals surface area (Å²) in [5.41, 5.74) is 0. The van der Waals surface area contributed by atoms with E-state index in [4.69, 9.17) is 9.47 Å². The average molecular weight is 611 g/mol. The van der Waals surface area contributed by atoms with Crippen LogP contribution in [0.4, 0.5) is 0 Å². The van der Waals surface area contributed by atoms with Gasteiger partial charge in [0, 0.05) is 13.0 Å². The summed E-state index contributed by atoms with van der Waals surface area (Å²) in [6, 6.07) is 0. The van der Waals surface area contributed by atoms with Gasteiger partial charge in [-0.3, -0.25) is 4.79 Å². The van der Waals surface area contributed by atoms with Crippen LogP contribution in [0, 0.1) is 0 Å². The van der Waals surface area contributed by atoms with Crippen LogP contribution < -0.4 is 0 Å². The molecule has 0 radical (unpaired) electrons. The topological polar surface area (TPSA) is 55.8 Å². The standard InChI is InChI=1S/C40H66O4/c1-3-5-7-9-11-13-15-17-18-19-20-21-22-23-25-27-29-31-33-35-40(42)44-39(37-41)38-43-36-34-32-30-28-26-24-16-14-12-10-8-6-4-2/h5,7,11-14,17-18,20-21,23,25,29,31,39,41H,3-4,6,8-10,15-16,19,22,24,26-28,30,32-38H2,1-2H3/b7-5-,13-11-,14-12-,18-17-,21-20-,25-23-,31-29-. The van der Waals surface area contributed by atoms with Gasteiger partial charge in [0.25, 0.3) is 0 Å². The molecule has 44 heavy (non-hydrogen) atoms. The summed E-state index contributed by atoms with van der Waals surface area (Å²) in [6.45, 7) is 5.09. The van der Waals surface area contributed by atoms with E-state index in [0.29, 0.717) is 19.4 Å². The fourth-order valence-electron chi connectivity index (χ4n) is 4.35. The molecule has 0 aromatic carbocycles. The lowest BCUT2D eigenvalue weighted by molar-refractivity contribution is -0.154. The van der Waals surface area contributed by atoms with Crippen molar-refractivity contribution in [3.05, 3.63) is 85.1 Å². The molecule has 0 amide bonds. The van der Waals surface area contributed by atoms with Crippen LogP contribution in [0.15, 0.2) is 85.1 Å². The summed E-state index contributed by atoms with van der Waals surface area (Å²) >= 11 is 0. The van der Waals surface area contributed by atoms with Crippen molar-refractivity contribution in [1.29, 1.82) is 0 Å². The molecule has 0 aromatic heterocycles. The van der Waals surface area contributed by atoms with E-state index in [0.717, 1.165) is 51.4 Å². The molecule has 0 heterocycles. The number of unbranched alkanes of at least 4 members (excludes halogenated alkanes) is 9. The van der Waals surface area contributed by atoms with Gasteiger partial charge < -0.3 is 14.6 Å². The second kappa shape index (κ2) is 36.8. The molecule has 4 heteroatoms. The van der Waals surface area contributed by atoms with E-state index in [1.807, 2.05) is 6.08 Å².